The number of oxime groups is 1. The first-order valence-corrected chi connectivity index (χ1v) is 4.90. The number of aliphatic imine (C=N–C) groups is 1. The van der Waals surface area contributed by atoms with Crippen molar-refractivity contribution in [3.63, 3.8) is 0 Å². The van der Waals surface area contributed by atoms with Crippen LogP contribution in [0.4, 0.5) is 0 Å². The van der Waals surface area contributed by atoms with Gasteiger partial charge in [-0.15, -0.1) is 0 Å². The largest absolute Gasteiger partial charge is 0.343 e. The summed E-state index contributed by atoms with van der Waals surface area (Å²) in [6, 6.07) is 0. The zero-order valence-corrected chi connectivity index (χ0v) is 8.70. The molecule has 0 bridgehead atoms. The maximum Gasteiger partial charge on any atom is 0.217 e. The lowest BCUT2D eigenvalue weighted by Crippen LogP contribution is -2.44. The predicted octanol–water partition coefficient (Wildman–Crippen LogP) is -0.0578. The first-order chi connectivity index (χ1) is 6.83. The van der Waals surface area contributed by atoms with Crippen LogP contribution in [-0.2, 0) is 4.84 Å². The number of nitrogens with one attached hydrogen (secondary N) is 1. The van der Waals surface area contributed by atoms with Gasteiger partial charge in [0.2, 0.25) is 5.90 Å². The number of nitrogens with zero attached hydrogens (tertiary/aromatic N) is 3. The lowest BCUT2D eigenvalue weighted by molar-refractivity contribution is 0.246. The fourth-order valence-corrected chi connectivity index (χ4v) is 1.41. The average molecular weight is 198 g/mol. The van der Waals surface area contributed by atoms with Crippen LogP contribution in [0.3, 0.4) is 0 Å². The molecule has 1 aliphatic heterocycles. The Morgan fingerprint density at radius 2 is 2.21 bits per heavy atom. The first kappa shape index (κ1) is 11.1. The van der Waals surface area contributed by atoms with Gasteiger partial charge in [0.05, 0.1) is 6.54 Å². The molecule has 5 heteroatoms. The van der Waals surface area contributed by atoms with Crippen LogP contribution in [0.5, 0.6) is 0 Å². The van der Waals surface area contributed by atoms with E-state index in [-0.39, 0.29) is 0 Å². The molecule has 1 aliphatic rings. The second kappa shape index (κ2) is 6.50. The van der Waals surface area contributed by atoms with E-state index in [1.54, 1.807) is 6.92 Å². The molecule has 1 N–H and O–H groups in total. The molecule has 0 saturated carbocycles. The minimum atomic E-state index is 0.579. The van der Waals surface area contributed by atoms with Gasteiger partial charge in [0.15, 0.2) is 0 Å². The molecule has 5 nitrogen and oxygen atoms in total. The Kier molecular flexibility index (Phi) is 5.17. The summed E-state index contributed by atoms with van der Waals surface area (Å²) < 4.78 is 0. The van der Waals surface area contributed by atoms with Gasteiger partial charge in [-0.3, -0.25) is 9.89 Å². The van der Waals surface area contributed by atoms with Gasteiger partial charge in [-0.2, -0.15) is 0 Å². The van der Waals surface area contributed by atoms with Crippen molar-refractivity contribution in [1.29, 1.82) is 0 Å². The molecule has 1 rings (SSSR count). The second-order valence-electron chi connectivity index (χ2n) is 3.21. The third-order valence-electron chi connectivity index (χ3n) is 2.16. The van der Waals surface area contributed by atoms with Crippen molar-refractivity contribution < 1.29 is 4.84 Å². The van der Waals surface area contributed by atoms with Crippen LogP contribution in [0.2, 0.25) is 0 Å². The van der Waals surface area contributed by atoms with E-state index in [9.17, 15) is 0 Å². The minimum Gasteiger partial charge on any atom is -0.343 e. The number of hydrogen-bond donors (Lipinski definition) is 1. The Balaban J connectivity index is 2.12. The Morgan fingerprint density at radius 1 is 1.50 bits per heavy atom. The zero-order chi connectivity index (χ0) is 10.2. The van der Waals surface area contributed by atoms with Crippen LogP contribution >= 0.6 is 0 Å². The van der Waals surface area contributed by atoms with Crippen molar-refractivity contribution in [2.75, 3.05) is 39.3 Å². The predicted molar refractivity (Wildman–Crippen MR) is 57.9 cm³/mol. The highest BCUT2D eigenvalue weighted by Crippen LogP contribution is 1.92. The lowest BCUT2D eigenvalue weighted by Gasteiger charge is -2.26. The Morgan fingerprint density at radius 3 is 2.86 bits per heavy atom. The van der Waals surface area contributed by atoms with E-state index in [4.69, 9.17) is 4.84 Å². The molecule has 0 aromatic carbocycles. The summed E-state index contributed by atoms with van der Waals surface area (Å²) in [5.74, 6) is 0.579. The number of rotatable bonds is 4. The molecule has 0 aliphatic carbocycles. The van der Waals surface area contributed by atoms with Crippen molar-refractivity contribution in [1.82, 2.24) is 10.2 Å². The van der Waals surface area contributed by atoms with Crippen LogP contribution in [0, 0.1) is 0 Å². The van der Waals surface area contributed by atoms with Crippen molar-refractivity contribution in [2.24, 2.45) is 10.1 Å². The summed E-state index contributed by atoms with van der Waals surface area (Å²) in [6.45, 7) is 11.1. The maximum absolute atomic E-state index is 4.76. The highest BCUT2D eigenvalue weighted by Gasteiger charge is 2.07. The van der Waals surface area contributed by atoms with E-state index in [1.165, 1.54) is 0 Å². The van der Waals surface area contributed by atoms with Crippen LogP contribution < -0.4 is 5.32 Å². The minimum absolute atomic E-state index is 0.579. The van der Waals surface area contributed by atoms with Gasteiger partial charge in [0, 0.05) is 46.4 Å². The smallest absolute Gasteiger partial charge is 0.217 e. The number of hydrogen-bond acceptors (Lipinski definition) is 5. The molecule has 0 atom stereocenters. The Bertz CT molecular complexity index is 199. The van der Waals surface area contributed by atoms with Gasteiger partial charge >= 0.3 is 0 Å². The Hall–Kier alpha value is -0.940. The summed E-state index contributed by atoms with van der Waals surface area (Å²) >= 11 is 0. The van der Waals surface area contributed by atoms with Crippen molar-refractivity contribution >= 4 is 12.6 Å². The van der Waals surface area contributed by atoms with Crippen LogP contribution in [0.1, 0.15) is 6.92 Å². The second-order valence-corrected chi connectivity index (χ2v) is 3.21. The van der Waals surface area contributed by atoms with E-state index >= 15 is 0 Å². The molecule has 0 spiro atoms. The van der Waals surface area contributed by atoms with Gasteiger partial charge < -0.3 is 10.2 Å². The molecule has 14 heavy (non-hydrogen) atoms. The standard InChI is InChI=1S/C9H18N4O/c1-9(14-10-2)12-5-8-13-6-3-11-4-7-13/h11H,2-8H2,1H3. The summed E-state index contributed by atoms with van der Waals surface area (Å²) in [5, 5.41) is 6.61. The fraction of sp³-hybridized carbons (Fsp3) is 0.778. The summed E-state index contributed by atoms with van der Waals surface area (Å²) in [6.07, 6.45) is 0. The Labute approximate surface area is 84.8 Å². The molecule has 1 fully saturated rings. The van der Waals surface area contributed by atoms with Crippen LogP contribution in [-0.4, -0.2) is 56.8 Å². The average Bonchev–Trinajstić information content (AvgIpc) is 2.20. The summed E-state index contributed by atoms with van der Waals surface area (Å²) in [7, 11) is 0. The highest BCUT2D eigenvalue weighted by molar-refractivity contribution is 5.73. The van der Waals surface area contributed by atoms with E-state index in [0.717, 1.165) is 39.3 Å². The van der Waals surface area contributed by atoms with Crippen molar-refractivity contribution in [3.8, 4) is 0 Å². The molecule has 0 unspecified atom stereocenters. The normalized spacial score (nSPS) is 19.4. The summed E-state index contributed by atoms with van der Waals surface area (Å²) in [4.78, 5) is 11.4. The molecule has 0 aromatic heterocycles. The van der Waals surface area contributed by atoms with Gasteiger partial charge in [-0.25, -0.2) is 0 Å². The van der Waals surface area contributed by atoms with Crippen molar-refractivity contribution in [2.45, 2.75) is 6.92 Å². The first-order valence-electron chi connectivity index (χ1n) is 4.90. The fourth-order valence-electron chi connectivity index (χ4n) is 1.41. The quantitative estimate of drug-likeness (QED) is 0.391. The van der Waals surface area contributed by atoms with Gasteiger partial charge in [-0.05, 0) is 0 Å². The lowest BCUT2D eigenvalue weighted by atomic mass is 10.3. The zero-order valence-electron chi connectivity index (χ0n) is 8.70. The maximum atomic E-state index is 4.76. The molecular formula is C9H18N4O. The third-order valence-corrected chi connectivity index (χ3v) is 2.16. The van der Waals surface area contributed by atoms with E-state index in [2.05, 4.69) is 27.1 Å². The molecule has 1 saturated heterocycles. The summed E-state index contributed by atoms with van der Waals surface area (Å²) in [5.41, 5.74) is 0. The SMILES string of the molecule is C=NOC(C)=NCCN1CCNCC1. The number of piperazine rings is 1. The van der Waals surface area contributed by atoms with E-state index in [1.807, 2.05) is 0 Å². The molecule has 0 amide bonds. The highest BCUT2D eigenvalue weighted by atomic mass is 16.6. The van der Waals surface area contributed by atoms with Crippen LogP contribution in [0.15, 0.2) is 10.1 Å². The molecule has 1 heterocycles. The molecular weight excluding hydrogens is 180 g/mol. The van der Waals surface area contributed by atoms with Gasteiger partial charge in [0.1, 0.15) is 0 Å². The molecule has 0 aromatic rings. The van der Waals surface area contributed by atoms with Crippen molar-refractivity contribution in [3.05, 3.63) is 0 Å². The molecule has 80 valence electrons. The van der Waals surface area contributed by atoms with Gasteiger partial charge in [-0.1, -0.05) is 5.16 Å². The molecule has 0 radical (unpaired) electrons. The topological polar surface area (TPSA) is 49.2 Å². The van der Waals surface area contributed by atoms with E-state index < -0.39 is 0 Å². The van der Waals surface area contributed by atoms with E-state index in [0.29, 0.717) is 5.90 Å². The van der Waals surface area contributed by atoms with Crippen LogP contribution in [0.25, 0.3) is 0 Å². The monoisotopic (exact) mass is 198 g/mol. The third kappa shape index (κ3) is 4.34. The van der Waals surface area contributed by atoms with Gasteiger partial charge in [0.25, 0.3) is 0 Å².